The van der Waals surface area contributed by atoms with E-state index in [0.29, 0.717) is 17.3 Å². The molecule has 1 aliphatic rings. The molecule has 3 rings (SSSR count). The van der Waals surface area contributed by atoms with Crippen molar-refractivity contribution in [1.29, 1.82) is 0 Å². The predicted octanol–water partition coefficient (Wildman–Crippen LogP) is 1.85. The topological polar surface area (TPSA) is 75.9 Å². The number of hydrogen-bond donors (Lipinski definition) is 1. The molecule has 0 bridgehead atoms. The van der Waals surface area contributed by atoms with Crippen LogP contribution in [0.4, 0.5) is 11.6 Å². The molecule has 1 amide bonds. The smallest absolute Gasteiger partial charge is 0.274 e. The van der Waals surface area contributed by atoms with Crippen molar-refractivity contribution in [2.24, 2.45) is 0 Å². The van der Waals surface area contributed by atoms with Crippen molar-refractivity contribution in [3.8, 4) is 0 Å². The molecule has 1 N–H and O–H groups in total. The highest BCUT2D eigenvalue weighted by Gasteiger charge is 2.18. The van der Waals surface area contributed by atoms with Gasteiger partial charge < -0.3 is 10.2 Å². The van der Waals surface area contributed by atoms with Crippen LogP contribution in [0.2, 0.25) is 0 Å². The Morgan fingerprint density at radius 3 is 2.77 bits per heavy atom. The number of nitrogens with zero attached hydrogens (tertiary/aromatic N) is 5. The summed E-state index contributed by atoms with van der Waals surface area (Å²) in [6, 6.07) is 1.71. The van der Waals surface area contributed by atoms with Crippen molar-refractivity contribution in [2.45, 2.75) is 33.2 Å². The number of anilines is 2. The summed E-state index contributed by atoms with van der Waals surface area (Å²) in [4.78, 5) is 23.4. The maximum absolute atomic E-state index is 12.4. The molecule has 2 aromatic heterocycles. The quantitative estimate of drug-likeness (QED) is 0.932. The molecule has 1 fully saturated rings. The standard InChI is InChI=1S/C15H20N6O/c1-3-21-10-12(9-16-21)18-14(22)13-8-11(2)17-15(19-13)20-6-4-5-7-20/h8-10H,3-7H2,1-2H3,(H,18,22). The fourth-order valence-electron chi connectivity index (χ4n) is 2.52. The van der Waals surface area contributed by atoms with Crippen molar-refractivity contribution in [3.05, 3.63) is 29.8 Å². The molecule has 2 aromatic rings. The second kappa shape index (κ2) is 6.13. The number of rotatable bonds is 4. The number of carbonyl (C=O) groups is 1. The van der Waals surface area contributed by atoms with E-state index in [2.05, 4.69) is 25.3 Å². The Kier molecular flexibility index (Phi) is 4.04. The zero-order chi connectivity index (χ0) is 15.5. The molecule has 0 aliphatic carbocycles. The summed E-state index contributed by atoms with van der Waals surface area (Å²) >= 11 is 0. The Morgan fingerprint density at radius 2 is 2.09 bits per heavy atom. The fourth-order valence-corrected chi connectivity index (χ4v) is 2.52. The van der Waals surface area contributed by atoms with Crippen LogP contribution in [0.25, 0.3) is 0 Å². The van der Waals surface area contributed by atoms with Crippen LogP contribution in [0.1, 0.15) is 35.9 Å². The van der Waals surface area contributed by atoms with E-state index in [1.54, 1.807) is 23.1 Å². The summed E-state index contributed by atoms with van der Waals surface area (Å²) < 4.78 is 1.76. The van der Waals surface area contributed by atoms with E-state index in [1.807, 2.05) is 13.8 Å². The lowest BCUT2D eigenvalue weighted by atomic mass is 10.3. The predicted molar refractivity (Wildman–Crippen MR) is 84.1 cm³/mol. The van der Waals surface area contributed by atoms with E-state index >= 15 is 0 Å². The van der Waals surface area contributed by atoms with Gasteiger partial charge in [0.15, 0.2) is 0 Å². The first-order chi connectivity index (χ1) is 10.7. The number of hydrogen-bond acceptors (Lipinski definition) is 5. The minimum atomic E-state index is -0.235. The lowest BCUT2D eigenvalue weighted by molar-refractivity contribution is 0.102. The van der Waals surface area contributed by atoms with Gasteiger partial charge in [0, 0.05) is 31.5 Å². The van der Waals surface area contributed by atoms with Gasteiger partial charge in [-0.15, -0.1) is 0 Å². The van der Waals surface area contributed by atoms with E-state index < -0.39 is 0 Å². The second-order valence-corrected chi connectivity index (χ2v) is 5.43. The lowest BCUT2D eigenvalue weighted by Gasteiger charge is -2.16. The number of carbonyl (C=O) groups excluding carboxylic acids is 1. The highest BCUT2D eigenvalue weighted by molar-refractivity contribution is 6.02. The SMILES string of the molecule is CCn1cc(NC(=O)c2cc(C)nc(N3CCCC3)n2)cn1. The molecular weight excluding hydrogens is 280 g/mol. The molecule has 0 radical (unpaired) electrons. The number of amides is 1. The van der Waals surface area contributed by atoms with E-state index in [-0.39, 0.29) is 5.91 Å². The first kappa shape index (κ1) is 14.5. The highest BCUT2D eigenvalue weighted by atomic mass is 16.1. The summed E-state index contributed by atoms with van der Waals surface area (Å²) in [6.07, 6.45) is 5.73. The Hall–Kier alpha value is -2.44. The molecule has 0 aromatic carbocycles. The van der Waals surface area contributed by atoms with Crippen LogP contribution in [0.3, 0.4) is 0 Å². The lowest BCUT2D eigenvalue weighted by Crippen LogP contribution is -2.23. The third-order valence-electron chi connectivity index (χ3n) is 3.68. The van der Waals surface area contributed by atoms with Crippen molar-refractivity contribution >= 4 is 17.5 Å². The zero-order valence-electron chi connectivity index (χ0n) is 12.9. The van der Waals surface area contributed by atoms with Gasteiger partial charge in [-0.3, -0.25) is 9.48 Å². The number of aromatic nitrogens is 4. The molecule has 3 heterocycles. The summed E-state index contributed by atoms with van der Waals surface area (Å²) in [7, 11) is 0. The maximum atomic E-state index is 12.4. The summed E-state index contributed by atoms with van der Waals surface area (Å²) in [5.74, 6) is 0.411. The summed E-state index contributed by atoms with van der Waals surface area (Å²) in [5.41, 5.74) is 1.86. The second-order valence-electron chi connectivity index (χ2n) is 5.43. The Morgan fingerprint density at radius 1 is 1.32 bits per heavy atom. The third-order valence-corrected chi connectivity index (χ3v) is 3.68. The molecule has 0 atom stereocenters. The van der Waals surface area contributed by atoms with Gasteiger partial charge in [-0.05, 0) is 32.8 Å². The van der Waals surface area contributed by atoms with E-state index in [0.717, 1.165) is 38.2 Å². The summed E-state index contributed by atoms with van der Waals surface area (Å²) in [6.45, 7) is 6.55. The van der Waals surface area contributed by atoms with Gasteiger partial charge in [0.05, 0.1) is 11.9 Å². The largest absolute Gasteiger partial charge is 0.341 e. The van der Waals surface area contributed by atoms with Crippen molar-refractivity contribution in [2.75, 3.05) is 23.3 Å². The normalized spacial score (nSPS) is 14.4. The van der Waals surface area contributed by atoms with Crippen LogP contribution in [-0.2, 0) is 6.54 Å². The van der Waals surface area contributed by atoms with Gasteiger partial charge in [-0.25, -0.2) is 9.97 Å². The van der Waals surface area contributed by atoms with Crippen molar-refractivity contribution < 1.29 is 4.79 Å². The fraction of sp³-hybridized carbons (Fsp3) is 0.467. The third kappa shape index (κ3) is 3.08. The molecule has 116 valence electrons. The van der Waals surface area contributed by atoms with Crippen LogP contribution < -0.4 is 10.2 Å². The minimum absolute atomic E-state index is 0.235. The van der Waals surface area contributed by atoms with E-state index in [1.165, 1.54) is 0 Å². The Labute approximate surface area is 129 Å². The molecule has 1 saturated heterocycles. The van der Waals surface area contributed by atoms with Crippen LogP contribution >= 0.6 is 0 Å². The van der Waals surface area contributed by atoms with Gasteiger partial charge in [0.1, 0.15) is 5.69 Å². The molecule has 7 nitrogen and oxygen atoms in total. The monoisotopic (exact) mass is 300 g/mol. The van der Waals surface area contributed by atoms with E-state index in [9.17, 15) is 4.79 Å². The van der Waals surface area contributed by atoms with Gasteiger partial charge in [-0.1, -0.05) is 0 Å². The van der Waals surface area contributed by atoms with E-state index in [4.69, 9.17) is 0 Å². The van der Waals surface area contributed by atoms with Gasteiger partial charge >= 0.3 is 0 Å². The van der Waals surface area contributed by atoms with Gasteiger partial charge in [-0.2, -0.15) is 5.10 Å². The van der Waals surface area contributed by atoms with Crippen LogP contribution in [0, 0.1) is 6.92 Å². The molecule has 0 saturated carbocycles. The molecular formula is C15H20N6O. The van der Waals surface area contributed by atoms with Crippen LogP contribution in [-0.4, -0.2) is 38.7 Å². The molecule has 7 heteroatoms. The molecule has 0 spiro atoms. The van der Waals surface area contributed by atoms with Gasteiger partial charge in [0.2, 0.25) is 5.95 Å². The molecule has 22 heavy (non-hydrogen) atoms. The Balaban J connectivity index is 1.79. The average molecular weight is 300 g/mol. The maximum Gasteiger partial charge on any atom is 0.274 e. The number of aryl methyl sites for hydroxylation is 2. The highest BCUT2D eigenvalue weighted by Crippen LogP contribution is 2.17. The van der Waals surface area contributed by atoms with Crippen LogP contribution in [0.5, 0.6) is 0 Å². The minimum Gasteiger partial charge on any atom is -0.341 e. The molecule has 0 unspecified atom stereocenters. The first-order valence-corrected chi connectivity index (χ1v) is 7.60. The molecule has 1 aliphatic heterocycles. The van der Waals surface area contributed by atoms with Crippen molar-refractivity contribution in [3.63, 3.8) is 0 Å². The van der Waals surface area contributed by atoms with Crippen LogP contribution in [0.15, 0.2) is 18.5 Å². The van der Waals surface area contributed by atoms with Gasteiger partial charge in [0.25, 0.3) is 5.91 Å². The summed E-state index contributed by atoms with van der Waals surface area (Å²) in [5, 5.41) is 6.97. The first-order valence-electron chi connectivity index (χ1n) is 7.60. The average Bonchev–Trinajstić information content (AvgIpc) is 3.18. The van der Waals surface area contributed by atoms with Crippen molar-refractivity contribution in [1.82, 2.24) is 19.7 Å². The number of nitrogens with one attached hydrogen (secondary N) is 1. The zero-order valence-corrected chi connectivity index (χ0v) is 12.9. The Bertz CT molecular complexity index is 674.